The van der Waals surface area contributed by atoms with Gasteiger partial charge in [-0.15, -0.1) is 0 Å². The van der Waals surface area contributed by atoms with E-state index in [1.807, 2.05) is 0 Å². The SMILES string of the molecule is CN(C)C1CCN(Cc2cc3cc4c(cc3n2C)CCCc2c-4[nH]c(=O)c(C(=O)O)c2O)CC1. The summed E-state index contributed by atoms with van der Waals surface area (Å²) in [4.78, 5) is 31.6. The van der Waals surface area contributed by atoms with Gasteiger partial charge in [-0.2, -0.15) is 0 Å². The minimum atomic E-state index is -1.41. The van der Waals surface area contributed by atoms with Gasteiger partial charge in [-0.1, -0.05) is 0 Å². The number of likely N-dealkylation sites (tertiary alicyclic amines) is 1. The zero-order chi connectivity index (χ0) is 24.1. The molecule has 8 heteroatoms. The summed E-state index contributed by atoms with van der Waals surface area (Å²) >= 11 is 0. The number of aryl methyl sites for hydroxylation is 2. The number of benzene rings is 1. The van der Waals surface area contributed by atoms with E-state index in [4.69, 9.17) is 0 Å². The fourth-order valence-corrected chi connectivity index (χ4v) is 5.66. The second kappa shape index (κ2) is 8.60. The van der Waals surface area contributed by atoms with Gasteiger partial charge in [0.15, 0.2) is 5.56 Å². The Labute approximate surface area is 198 Å². The third-order valence-corrected chi connectivity index (χ3v) is 7.69. The molecule has 180 valence electrons. The molecule has 2 aliphatic rings. The number of carboxylic acid groups (broad SMARTS) is 1. The molecule has 2 aromatic heterocycles. The van der Waals surface area contributed by atoms with E-state index in [-0.39, 0.29) is 0 Å². The van der Waals surface area contributed by atoms with Crippen molar-refractivity contribution in [1.82, 2.24) is 19.4 Å². The second-order valence-electron chi connectivity index (χ2n) is 9.92. The molecule has 0 bridgehead atoms. The van der Waals surface area contributed by atoms with Crippen LogP contribution in [0.1, 0.15) is 46.4 Å². The number of fused-ring (bicyclic) bond motifs is 4. The van der Waals surface area contributed by atoms with Gasteiger partial charge < -0.3 is 24.7 Å². The van der Waals surface area contributed by atoms with Crippen LogP contribution >= 0.6 is 0 Å². The van der Waals surface area contributed by atoms with Crippen LogP contribution in [0.4, 0.5) is 0 Å². The average Bonchev–Trinajstić information content (AvgIpc) is 2.97. The van der Waals surface area contributed by atoms with Gasteiger partial charge in [0, 0.05) is 60.4 Å². The molecule has 0 unspecified atom stereocenters. The van der Waals surface area contributed by atoms with E-state index in [9.17, 15) is 19.8 Å². The van der Waals surface area contributed by atoms with Crippen LogP contribution in [0.2, 0.25) is 0 Å². The smallest absolute Gasteiger partial charge is 0.345 e. The topological polar surface area (TPSA) is 102 Å². The lowest BCUT2D eigenvalue weighted by molar-refractivity contribution is 0.0691. The lowest BCUT2D eigenvalue weighted by Crippen LogP contribution is -2.41. The summed E-state index contributed by atoms with van der Waals surface area (Å²) in [5, 5.41) is 21.1. The molecule has 0 amide bonds. The van der Waals surface area contributed by atoms with Gasteiger partial charge >= 0.3 is 5.97 Å². The average molecular weight is 465 g/mol. The molecule has 3 aromatic rings. The minimum Gasteiger partial charge on any atom is -0.506 e. The number of nitrogens with one attached hydrogen (secondary N) is 1. The maximum Gasteiger partial charge on any atom is 0.345 e. The van der Waals surface area contributed by atoms with Crippen molar-refractivity contribution in [3.63, 3.8) is 0 Å². The van der Waals surface area contributed by atoms with Crippen molar-refractivity contribution in [2.24, 2.45) is 7.05 Å². The summed E-state index contributed by atoms with van der Waals surface area (Å²) in [5.41, 5.74) is 4.06. The molecule has 0 atom stereocenters. The quantitative estimate of drug-likeness (QED) is 0.549. The third kappa shape index (κ3) is 3.80. The van der Waals surface area contributed by atoms with Crippen molar-refractivity contribution in [1.29, 1.82) is 0 Å². The highest BCUT2D eigenvalue weighted by molar-refractivity contribution is 5.93. The molecule has 3 N–H and O–H groups in total. The molecule has 0 spiro atoms. The predicted octanol–water partition coefficient (Wildman–Crippen LogP) is 2.95. The van der Waals surface area contributed by atoms with Gasteiger partial charge in [0.25, 0.3) is 5.56 Å². The highest BCUT2D eigenvalue weighted by Crippen LogP contribution is 2.38. The van der Waals surface area contributed by atoms with Crippen LogP contribution in [0.5, 0.6) is 5.75 Å². The first-order valence-electron chi connectivity index (χ1n) is 12.0. The Morgan fingerprint density at radius 2 is 1.91 bits per heavy atom. The Kier molecular flexibility index (Phi) is 5.73. The summed E-state index contributed by atoms with van der Waals surface area (Å²) in [6.07, 6.45) is 4.43. The van der Waals surface area contributed by atoms with Crippen LogP contribution < -0.4 is 5.56 Å². The number of carbonyl (C=O) groups is 1. The Hall–Kier alpha value is -3.10. The van der Waals surface area contributed by atoms with E-state index in [0.717, 1.165) is 54.5 Å². The van der Waals surface area contributed by atoms with Gasteiger partial charge in [0.2, 0.25) is 0 Å². The first-order chi connectivity index (χ1) is 16.2. The molecule has 1 aliphatic carbocycles. The summed E-state index contributed by atoms with van der Waals surface area (Å²) in [6.45, 7) is 3.06. The molecule has 0 saturated carbocycles. The molecule has 3 heterocycles. The molecule has 1 aromatic carbocycles. The van der Waals surface area contributed by atoms with Crippen LogP contribution in [-0.4, -0.2) is 68.8 Å². The minimum absolute atomic E-state index is 0.408. The number of piperidine rings is 1. The van der Waals surface area contributed by atoms with Crippen LogP contribution in [-0.2, 0) is 26.4 Å². The Bertz CT molecular complexity index is 1330. The number of nitrogens with zero attached hydrogens (tertiary/aromatic N) is 3. The maximum atomic E-state index is 12.5. The highest BCUT2D eigenvalue weighted by Gasteiger charge is 2.26. The third-order valence-electron chi connectivity index (χ3n) is 7.69. The van der Waals surface area contributed by atoms with Crippen molar-refractivity contribution in [3.05, 3.63) is 50.9 Å². The van der Waals surface area contributed by atoms with Crippen molar-refractivity contribution >= 4 is 16.9 Å². The molecule has 0 radical (unpaired) electrons. The second-order valence-corrected chi connectivity index (χ2v) is 9.92. The van der Waals surface area contributed by atoms with Crippen LogP contribution in [0.3, 0.4) is 0 Å². The molecule has 5 rings (SSSR count). The van der Waals surface area contributed by atoms with Crippen molar-refractivity contribution in [2.45, 2.75) is 44.7 Å². The number of aromatic carboxylic acids is 1. The standard InChI is InChI=1S/C26H32N4O4/c1-28(2)17-7-9-30(10-8-17)14-18-11-16-12-20-15(13-21(16)29(18)3)5-4-6-19-23(20)27-25(32)22(24(19)31)26(33)34/h11-13,17H,4-10,14H2,1-3H3,(H,33,34)(H2,27,31,32). The monoisotopic (exact) mass is 464 g/mol. The largest absolute Gasteiger partial charge is 0.506 e. The molecular weight excluding hydrogens is 432 g/mol. The fourth-order valence-electron chi connectivity index (χ4n) is 5.66. The molecule has 1 aliphatic heterocycles. The van der Waals surface area contributed by atoms with Crippen LogP contribution in [0.25, 0.3) is 22.2 Å². The van der Waals surface area contributed by atoms with E-state index in [1.54, 1.807) is 0 Å². The highest BCUT2D eigenvalue weighted by atomic mass is 16.4. The van der Waals surface area contributed by atoms with E-state index in [0.29, 0.717) is 23.7 Å². The first kappa shape index (κ1) is 22.7. The Morgan fingerprint density at radius 3 is 2.59 bits per heavy atom. The molecule has 1 fully saturated rings. The van der Waals surface area contributed by atoms with E-state index in [1.165, 1.54) is 18.5 Å². The van der Waals surface area contributed by atoms with Gasteiger partial charge in [-0.25, -0.2) is 4.79 Å². The van der Waals surface area contributed by atoms with E-state index in [2.05, 4.69) is 58.7 Å². The molecule has 1 saturated heterocycles. The van der Waals surface area contributed by atoms with Crippen molar-refractivity contribution in [2.75, 3.05) is 27.2 Å². The van der Waals surface area contributed by atoms with Gasteiger partial charge in [0.05, 0.1) is 5.69 Å². The lowest BCUT2D eigenvalue weighted by Gasteiger charge is -2.35. The lowest BCUT2D eigenvalue weighted by atomic mass is 9.98. The normalized spacial score (nSPS) is 17.1. The number of hydrogen-bond donors (Lipinski definition) is 3. The molecule has 8 nitrogen and oxygen atoms in total. The van der Waals surface area contributed by atoms with E-state index < -0.39 is 22.8 Å². The van der Waals surface area contributed by atoms with E-state index >= 15 is 0 Å². The fraction of sp³-hybridized carbons (Fsp3) is 0.462. The summed E-state index contributed by atoms with van der Waals surface area (Å²) in [5.74, 6) is -1.82. The number of aromatic hydroxyl groups is 1. The van der Waals surface area contributed by atoms with Crippen LogP contribution in [0.15, 0.2) is 23.0 Å². The number of hydrogen-bond acceptors (Lipinski definition) is 5. The summed E-state index contributed by atoms with van der Waals surface area (Å²) in [7, 11) is 6.41. The van der Waals surface area contributed by atoms with Crippen LogP contribution in [0, 0.1) is 0 Å². The summed E-state index contributed by atoms with van der Waals surface area (Å²) in [6, 6.07) is 7.12. The summed E-state index contributed by atoms with van der Waals surface area (Å²) < 4.78 is 2.26. The number of aromatic nitrogens is 2. The number of aromatic amines is 1. The van der Waals surface area contributed by atoms with Gasteiger partial charge in [0.1, 0.15) is 5.75 Å². The zero-order valence-electron chi connectivity index (χ0n) is 20.0. The van der Waals surface area contributed by atoms with Crippen molar-refractivity contribution < 1.29 is 15.0 Å². The first-order valence-corrected chi connectivity index (χ1v) is 12.0. The molecule has 34 heavy (non-hydrogen) atoms. The Balaban J connectivity index is 1.53. The Morgan fingerprint density at radius 1 is 1.18 bits per heavy atom. The zero-order valence-corrected chi connectivity index (χ0v) is 20.0. The number of H-pyrrole nitrogens is 1. The number of pyridine rings is 1. The number of carboxylic acids is 1. The predicted molar refractivity (Wildman–Crippen MR) is 132 cm³/mol. The molecular formula is C26H32N4O4. The number of rotatable bonds is 4. The van der Waals surface area contributed by atoms with Gasteiger partial charge in [-0.3, -0.25) is 9.69 Å². The van der Waals surface area contributed by atoms with Gasteiger partial charge in [-0.05, 0) is 70.0 Å². The maximum absolute atomic E-state index is 12.5. The van der Waals surface area contributed by atoms with Crippen molar-refractivity contribution in [3.8, 4) is 17.0 Å².